The summed E-state index contributed by atoms with van der Waals surface area (Å²) in [6, 6.07) is 20.5. The second-order valence-corrected chi connectivity index (χ2v) is 12.6. The molecule has 0 aliphatic carbocycles. The Kier molecular flexibility index (Phi) is 11.0. The molecule has 0 unspecified atom stereocenters. The average Bonchev–Trinajstić information content (AvgIpc) is 2.90. The lowest BCUT2D eigenvalue weighted by molar-refractivity contribution is -0.140. The van der Waals surface area contributed by atoms with Crippen LogP contribution in [0.15, 0.2) is 72.8 Å². The Morgan fingerprint density at radius 3 is 2.20 bits per heavy atom. The van der Waals surface area contributed by atoms with Crippen LogP contribution in [-0.2, 0) is 32.6 Å². The number of anilines is 1. The van der Waals surface area contributed by atoms with Crippen molar-refractivity contribution in [1.82, 2.24) is 10.2 Å². The quantitative estimate of drug-likeness (QED) is 0.291. The molecule has 3 rings (SSSR count). The summed E-state index contributed by atoms with van der Waals surface area (Å²) >= 11 is 12.2. The Hall–Kier alpha value is -3.07. The number of sulfonamides is 1. The topological polar surface area (TPSA) is 86.8 Å². The Balaban J connectivity index is 2.07. The summed E-state index contributed by atoms with van der Waals surface area (Å²) in [4.78, 5) is 29.2. The number of carbonyl (C=O) groups is 2. The summed E-state index contributed by atoms with van der Waals surface area (Å²) in [5.41, 5.74) is 2.90. The fraction of sp³-hybridized carbons (Fsp3) is 0.333. The lowest BCUT2D eigenvalue weighted by Crippen LogP contribution is -2.54. The molecule has 0 heterocycles. The van der Waals surface area contributed by atoms with E-state index in [0.717, 1.165) is 33.7 Å². The van der Waals surface area contributed by atoms with Crippen molar-refractivity contribution < 1.29 is 18.0 Å². The zero-order valence-electron chi connectivity index (χ0n) is 23.1. The van der Waals surface area contributed by atoms with E-state index in [-0.39, 0.29) is 40.6 Å². The first-order chi connectivity index (χ1) is 18.9. The first-order valence-electron chi connectivity index (χ1n) is 13.0. The highest BCUT2D eigenvalue weighted by molar-refractivity contribution is 7.92. The minimum atomic E-state index is -3.90. The van der Waals surface area contributed by atoms with Crippen molar-refractivity contribution in [3.05, 3.63) is 99.5 Å². The molecule has 7 nitrogen and oxygen atoms in total. The van der Waals surface area contributed by atoms with E-state index < -0.39 is 28.5 Å². The van der Waals surface area contributed by atoms with Gasteiger partial charge < -0.3 is 10.2 Å². The number of nitrogens with one attached hydrogen (secondary N) is 1. The fourth-order valence-corrected chi connectivity index (χ4v) is 5.39. The number of hydrogen-bond donors (Lipinski definition) is 1. The summed E-state index contributed by atoms with van der Waals surface area (Å²) in [5, 5.41) is 3.43. The molecule has 40 heavy (non-hydrogen) atoms. The Labute approximate surface area is 247 Å². The van der Waals surface area contributed by atoms with Crippen LogP contribution in [0.4, 0.5) is 5.69 Å². The highest BCUT2D eigenvalue weighted by Crippen LogP contribution is 2.29. The first-order valence-corrected chi connectivity index (χ1v) is 15.6. The van der Waals surface area contributed by atoms with Gasteiger partial charge in [0.15, 0.2) is 0 Å². The highest BCUT2D eigenvalue weighted by Gasteiger charge is 2.33. The van der Waals surface area contributed by atoms with E-state index in [0.29, 0.717) is 0 Å². The zero-order valence-corrected chi connectivity index (χ0v) is 25.4. The predicted molar refractivity (Wildman–Crippen MR) is 162 cm³/mol. The SMILES string of the molecule is CC[C@H](C)NC(=O)[C@H](Cc1ccccc1)N(Cc1cccc(C)c1)C(=O)CN(c1ccc(Cl)c(Cl)c1)S(C)(=O)=O. The van der Waals surface area contributed by atoms with Crippen molar-refractivity contribution in [2.75, 3.05) is 17.1 Å². The van der Waals surface area contributed by atoms with Crippen molar-refractivity contribution >= 4 is 50.7 Å². The van der Waals surface area contributed by atoms with Gasteiger partial charge in [0, 0.05) is 19.0 Å². The summed E-state index contributed by atoms with van der Waals surface area (Å²) in [6.07, 6.45) is 1.99. The van der Waals surface area contributed by atoms with Crippen LogP contribution in [0.25, 0.3) is 0 Å². The third-order valence-electron chi connectivity index (χ3n) is 6.58. The van der Waals surface area contributed by atoms with Crippen LogP contribution in [-0.4, -0.2) is 50.0 Å². The lowest BCUT2D eigenvalue weighted by atomic mass is 10.0. The minimum absolute atomic E-state index is 0.106. The molecular formula is C30H35Cl2N3O4S. The Morgan fingerprint density at radius 2 is 1.60 bits per heavy atom. The number of halogens is 2. The molecule has 3 aromatic rings. The standard InChI is InChI=1S/C30H35Cl2N3O4S/c1-5-22(3)33-30(37)28(17-23-11-7-6-8-12-23)34(19-24-13-9-10-21(2)16-24)29(36)20-35(40(4,38)39)25-14-15-26(31)27(32)18-25/h6-16,18,22,28H,5,17,19-20H2,1-4H3,(H,33,37)/t22-,28-/m0/s1. The van der Waals surface area contributed by atoms with E-state index in [4.69, 9.17) is 23.2 Å². The van der Waals surface area contributed by atoms with Gasteiger partial charge >= 0.3 is 0 Å². The van der Waals surface area contributed by atoms with Gasteiger partial charge in [0.25, 0.3) is 0 Å². The largest absolute Gasteiger partial charge is 0.352 e. The van der Waals surface area contributed by atoms with Crippen molar-refractivity contribution in [3.63, 3.8) is 0 Å². The first kappa shape index (κ1) is 31.5. The number of hydrogen-bond acceptors (Lipinski definition) is 4. The number of aryl methyl sites for hydroxylation is 1. The van der Waals surface area contributed by atoms with Gasteiger partial charge in [0.2, 0.25) is 21.8 Å². The third kappa shape index (κ3) is 8.71. The number of benzene rings is 3. The molecule has 3 aromatic carbocycles. The molecule has 214 valence electrons. The number of carbonyl (C=O) groups excluding carboxylic acids is 2. The normalized spacial score (nSPS) is 12.8. The number of rotatable bonds is 12. The molecule has 0 spiro atoms. The van der Waals surface area contributed by atoms with Crippen molar-refractivity contribution in [3.8, 4) is 0 Å². The van der Waals surface area contributed by atoms with Crippen molar-refractivity contribution in [2.45, 2.75) is 52.2 Å². The maximum absolute atomic E-state index is 14.1. The number of amides is 2. The third-order valence-corrected chi connectivity index (χ3v) is 8.46. The molecule has 1 N–H and O–H groups in total. The highest BCUT2D eigenvalue weighted by atomic mass is 35.5. The average molecular weight is 605 g/mol. The van der Waals surface area contributed by atoms with Crippen LogP contribution < -0.4 is 9.62 Å². The molecule has 2 amide bonds. The van der Waals surface area contributed by atoms with Crippen LogP contribution in [0.3, 0.4) is 0 Å². The van der Waals surface area contributed by atoms with Gasteiger partial charge in [-0.2, -0.15) is 0 Å². The molecule has 0 aromatic heterocycles. The Bertz CT molecular complexity index is 1430. The zero-order chi connectivity index (χ0) is 29.4. The minimum Gasteiger partial charge on any atom is -0.352 e. The Morgan fingerprint density at radius 1 is 0.925 bits per heavy atom. The molecule has 0 bridgehead atoms. The summed E-state index contributed by atoms with van der Waals surface area (Å²) < 4.78 is 26.7. The molecule has 0 radical (unpaired) electrons. The van der Waals surface area contributed by atoms with Crippen LogP contribution in [0.1, 0.15) is 37.0 Å². The maximum Gasteiger partial charge on any atom is 0.244 e. The maximum atomic E-state index is 14.1. The van der Waals surface area contributed by atoms with Gasteiger partial charge in [-0.15, -0.1) is 0 Å². The van der Waals surface area contributed by atoms with Crippen molar-refractivity contribution in [1.29, 1.82) is 0 Å². The van der Waals surface area contributed by atoms with Gasteiger partial charge in [-0.3, -0.25) is 13.9 Å². The van der Waals surface area contributed by atoms with Gasteiger partial charge in [-0.1, -0.05) is 90.3 Å². The smallest absolute Gasteiger partial charge is 0.244 e. The molecule has 2 atom stereocenters. The fourth-order valence-electron chi connectivity index (χ4n) is 4.26. The molecule has 10 heteroatoms. The second-order valence-electron chi connectivity index (χ2n) is 9.90. The monoisotopic (exact) mass is 603 g/mol. The van der Waals surface area contributed by atoms with E-state index in [2.05, 4.69) is 5.32 Å². The number of nitrogens with zero attached hydrogens (tertiary/aromatic N) is 2. The molecular weight excluding hydrogens is 569 g/mol. The van der Waals surface area contributed by atoms with Gasteiger partial charge in [0.05, 0.1) is 22.0 Å². The second kappa shape index (κ2) is 14.0. The van der Waals surface area contributed by atoms with E-state index in [1.54, 1.807) is 0 Å². The summed E-state index contributed by atoms with van der Waals surface area (Å²) in [6.45, 7) is 5.41. The summed E-state index contributed by atoms with van der Waals surface area (Å²) in [7, 11) is -3.90. The van der Waals surface area contributed by atoms with Gasteiger partial charge in [0.1, 0.15) is 12.6 Å². The molecule has 0 aliphatic heterocycles. The van der Waals surface area contributed by atoms with Crippen molar-refractivity contribution in [2.24, 2.45) is 0 Å². The van der Waals surface area contributed by atoms with E-state index in [1.165, 1.54) is 23.1 Å². The summed E-state index contributed by atoms with van der Waals surface area (Å²) in [5.74, 6) is -0.835. The molecule has 0 saturated heterocycles. The van der Waals surface area contributed by atoms with E-state index in [1.807, 2.05) is 75.4 Å². The van der Waals surface area contributed by atoms with Crippen LogP contribution >= 0.6 is 23.2 Å². The van der Waals surface area contributed by atoms with E-state index in [9.17, 15) is 18.0 Å². The predicted octanol–water partition coefficient (Wildman–Crippen LogP) is 5.62. The molecule has 0 fully saturated rings. The van der Waals surface area contributed by atoms with Gasteiger partial charge in [-0.25, -0.2) is 8.42 Å². The van der Waals surface area contributed by atoms with Crippen LogP contribution in [0.5, 0.6) is 0 Å². The van der Waals surface area contributed by atoms with Gasteiger partial charge in [-0.05, 0) is 49.6 Å². The lowest BCUT2D eigenvalue weighted by Gasteiger charge is -2.34. The molecule has 0 aliphatic rings. The molecule has 0 saturated carbocycles. The van der Waals surface area contributed by atoms with E-state index >= 15 is 0 Å². The van der Waals surface area contributed by atoms with Crippen LogP contribution in [0, 0.1) is 6.92 Å². The van der Waals surface area contributed by atoms with Crippen LogP contribution in [0.2, 0.25) is 10.0 Å².